The van der Waals surface area contributed by atoms with Crippen LogP contribution in [0.1, 0.15) is 24.7 Å². The third kappa shape index (κ3) is 4.33. The van der Waals surface area contributed by atoms with Crippen molar-refractivity contribution in [3.63, 3.8) is 0 Å². The van der Waals surface area contributed by atoms with Gasteiger partial charge in [-0.1, -0.05) is 18.2 Å². The Balaban J connectivity index is 1.20. The number of aromatic nitrogens is 2. The van der Waals surface area contributed by atoms with Crippen molar-refractivity contribution in [1.82, 2.24) is 20.4 Å². The number of carbonyl (C=O) groups is 1. The van der Waals surface area contributed by atoms with Gasteiger partial charge in [0.2, 0.25) is 5.89 Å². The molecule has 2 amide bonds. The molecule has 1 aliphatic heterocycles. The lowest BCUT2D eigenvalue weighted by molar-refractivity contribution is 0.175. The zero-order valence-electron chi connectivity index (χ0n) is 15.4. The summed E-state index contributed by atoms with van der Waals surface area (Å²) in [6, 6.07) is 11.3. The van der Waals surface area contributed by atoms with Gasteiger partial charge in [-0.3, -0.25) is 0 Å². The van der Waals surface area contributed by atoms with E-state index in [4.69, 9.17) is 13.6 Å². The normalized spacial score (nSPS) is 14.8. The van der Waals surface area contributed by atoms with Crippen LogP contribution in [0.25, 0.3) is 11.5 Å². The fraction of sp³-hybridized carbons (Fsp3) is 0.350. The number of rotatable bonds is 6. The minimum atomic E-state index is -0.0697. The van der Waals surface area contributed by atoms with Gasteiger partial charge in [0.05, 0.1) is 18.4 Å². The number of likely N-dealkylation sites (tertiary alicyclic amines) is 1. The van der Waals surface area contributed by atoms with E-state index in [1.54, 1.807) is 18.6 Å². The Labute approximate surface area is 162 Å². The van der Waals surface area contributed by atoms with Gasteiger partial charge in [-0.2, -0.15) is 0 Å². The lowest BCUT2D eigenvalue weighted by Crippen LogP contribution is -2.45. The lowest BCUT2D eigenvalue weighted by atomic mass is 9.97. The van der Waals surface area contributed by atoms with Crippen molar-refractivity contribution in [3.05, 3.63) is 54.8 Å². The average molecular weight is 382 g/mol. The second-order valence-corrected chi connectivity index (χ2v) is 6.61. The number of nitrogens with zero attached hydrogens (tertiary/aromatic N) is 3. The number of ether oxygens (including phenoxy) is 1. The predicted octanol–water partition coefficient (Wildman–Crippen LogP) is 3.30. The van der Waals surface area contributed by atoms with Gasteiger partial charge in [0.25, 0.3) is 5.89 Å². The molecule has 1 fully saturated rings. The van der Waals surface area contributed by atoms with E-state index < -0.39 is 0 Å². The quantitative estimate of drug-likeness (QED) is 0.658. The summed E-state index contributed by atoms with van der Waals surface area (Å²) in [5.41, 5.74) is 0.772. The van der Waals surface area contributed by atoms with E-state index in [0.29, 0.717) is 38.0 Å². The van der Waals surface area contributed by atoms with Crippen molar-refractivity contribution in [2.45, 2.75) is 18.8 Å². The van der Waals surface area contributed by atoms with Crippen LogP contribution in [0.5, 0.6) is 5.75 Å². The summed E-state index contributed by atoms with van der Waals surface area (Å²) < 4.78 is 16.4. The summed E-state index contributed by atoms with van der Waals surface area (Å²) in [7, 11) is 0. The van der Waals surface area contributed by atoms with Crippen molar-refractivity contribution in [3.8, 4) is 17.2 Å². The van der Waals surface area contributed by atoms with Gasteiger partial charge < -0.3 is 23.8 Å². The Morgan fingerprint density at radius 1 is 1.18 bits per heavy atom. The molecule has 0 saturated carbocycles. The molecule has 0 bridgehead atoms. The molecule has 3 heterocycles. The van der Waals surface area contributed by atoms with Crippen LogP contribution in [0.2, 0.25) is 0 Å². The van der Waals surface area contributed by atoms with Crippen LogP contribution in [0, 0.1) is 0 Å². The largest absolute Gasteiger partial charge is 0.492 e. The molecular formula is C20H22N4O4. The number of urea groups is 1. The van der Waals surface area contributed by atoms with Crippen molar-refractivity contribution < 1.29 is 18.4 Å². The van der Waals surface area contributed by atoms with Crippen LogP contribution in [0.15, 0.2) is 57.8 Å². The first-order valence-corrected chi connectivity index (χ1v) is 9.36. The molecule has 2 aromatic heterocycles. The Hall–Kier alpha value is -3.29. The molecule has 146 valence electrons. The standard InChI is InChI=1S/C20H22N4O4/c25-20(21-9-13-27-17-4-2-1-3-5-17)24-10-6-15(7-11-24)18-22-23-19(28-18)16-8-12-26-14-16/h1-5,8,12,14-15H,6-7,9-11,13H2,(H,21,25). The summed E-state index contributed by atoms with van der Waals surface area (Å²) in [5.74, 6) is 2.04. The van der Waals surface area contributed by atoms with Crippen LogP contribution in [-0.2, 0) is 0 Å². The monoisotopic (exact) mass is 382 g/mol. The Morgan fingerprint density at radius 3 is 2.75 bits per heavy atom. The highest BCUT2D eigenvalue weighted by Crippen LogP contribution is 2.29. The van der Waals surface area contributed by atoms with Crippen LogP contribution in [-0.4, -0.2) is 47.4 Å². The smallest absolute Gasteiger partial charge is 0.317 e. The molecule has 28 heavy (non-hydrogen) atoms. The summed E-state index contributed by atoms with van der Waals surface area (Å²) in [4.78, 5) is 14.1. The number of benzene rings is 1. The van der Waals surface area contributed by atoms with Gasteiger partial charge in [0.1, 0.15) is 18.6 Å². The molecule has 8 nitrogen and oxygen atoms in total. The van der Waals surface area contributed by atoms with Crippen molar-refractivity contribution in [1.29, 1.82) is 0 Å². The van der Waals surface area contributed by atoms with E-state index in [9.17, 15) is 4.79 Å². The van der Waals surface area contributed by atoms with Crippen LogP contribution in [0.3, 0.4) is 0 Å². The summed E-state index contributed by atoms with van der Waals surface area (Å²) in [6.07, 6.45) is 4.73. The minimum Gasteiger partial charge on any atom is -0.492 e. The highest BCUT2D eigenvalue weighted by Gasteiger charge is 2.27. The van der Waals surface area contributed by atoms with Crippen LogP contribution < -0.4 is 10.1 Å². The number of nitrogens with one attached hydrogen (secondary N) is 1. The third-order valence-corrected chi connectivity index (χ3v) is 4.73. The number of hydrogen-bond donors (Lipinski definition) is 1. The SMILES string of the molecule is O=C(NCCOc1ccccc1)N1CCC(c2nnc(-c3ccoc3)o2)CC1. The van der Waals surface area contributed by atoms with Gasteiger partial charge >= 0.3 is 6.03 Å². The van der Waals surface area contributed by atoms with E-state index >= 15 is 0 Å². The first-order chi connectivity index (χ1) is 13.8. The molecule has 0 radical (unpaired) electrons. The predicted molar refractivity (Wildman–Crippen MR) is 101 cm³/mol. The van der Waals surface area contributed by atoms with Gasteiger partial charge in [-0.15, -0.1) is 10.2 Å². The molecule has 0 unspecified atom stereocenters. The summed E-state index contributed by atoms with van der Waals surface area (Å²) in [5, 5.41) is 11.1. The van der Waals surface area contributed by atoms with E-state index in [2.05, 4.69) is 15.5 Å². The number of piperidine rings is 1. The topological polar surface area (TPSA) is 93.6 Å². The molecule has 4 rings (SSSR count). The first kappa shape index (κ1) is 18.1. The van der Waals surface area contributed by atoms with Gasteiger partial charge in [-0.25, -0.2) is 4.79 Å². The maximum absolute atomic E-state index is 12.3. The van der Waals surface area contributed by atoms with Crippen molar-refractivity contribution in [2.24, 2.45) is 0 Å². The molecule has 1 N–H and O–H groups in total. The Bertz CT molecular complexity index is 871. The Morgan fingerprint density at radius 2 is 2.00 bits per heavy atom. The van der Waals surface area contributed by atoms with E-state index in [1.165, 1.54) is 0 Å². The maximum atomic E-state index is 12.3. The van der Waals surface area contributed by atoms with Crippen LogP contribution in [0.4, 0.5) is 4.79 Å². The second-order valence-electron chi connectivity index (χ2n) is 6.61. The van der Waals surface area contributed by atoms with Crippen LogP contribution >= 0.6 is 0 Å². The van der Waals surface area contributed by atoms with Crippen molar-refractivity contribution >= 4 is 6.03 Å². The molecular weight excluding hydrogens is 360 g/mol. The molecule has 1 saturated heterocycles. The highest BCUT2D eigenvalue weighted by molar-refractivity contribution is 5.74. The number of para-hydroxylation sites is 1. The van der Waals surface area contributed by atoms with Crippen molar-refractivity contribution in [2.75, 3.05) is 26.2 Å². The fourth-order valence-electron chi connectivity index (χ4n) is 3.19. The second kappa shape index (κ2) is 8.60. The van der Waals surface area contributed by atoms with Gasteiger partial charge in [-0.05, 0) is 31.0 Å². The lowest BCUT2D eigenvalue weighted by Gasteiger charge is -2.30. The minimum absolute atomic E-state index is 0.0697. The Kier molecular flexibility index (Phi) is 5.56. The number of amides is 2. The average Bonchev–Trinajstić information content (AvgIpc) is 3.44. The third-order valence-electron chi connectivity index (χ3n) is 4.73. The number of hydrogen-bond acceptors (Lipinski definition) is 6. The summed E-state index contributed by atoms with van der Waals surface area (Å²) >= 11 is 0. The molecule has 0 spiro atoms. The molecule has 0 aliphatic carbocycles. The van der Waals surface area contributed by atoms with Gasteiger partial charge in [0.15, 0.2) is 0 Å². The van der Waals surface area contributed by atoms with Gasteiger partial charge in [0, 0.05) is 19.0 Å². The highest BCUT2D eigenvalue weighted by atomic mass is 16.5. The molecule has 8 heteroatoms. The molecule has 1 aliphatic rings. The zero-order valence-corrected chi connectivity index (χ0v) is 15.4. The van der Waals surface area contributed by atoms with E-state index in [0.717, 1.165) is 24.2 Å². The number of furan rings is 1. The molecule has 3 aromatic rings. The van der Waals surface area contributed by atoms with E-state index in [1.807, 2.05) is 35.2 Å². The fourth-order valence-corrected chi connectivity index (χ4v) is 3.19. The number of carbonyl (C=O) groups excluding carboxylic acids is 1. The molecule has 1 aromatic carbocycles. The zero-order chi connectivity index (χ0) is 19.2. The first-order valence-electron chi connectivity index (χ1n) is 9.36. The summed E-state index contributed by atoms with van der Waals surface area (Å²) in [6.45, 7) is 2.20. The van der Waals surface area contributed by atoms with E-state index in [-0.39, 0.29) is 11.9 Å². The molecule has 0 atom stereocenters. The maximum Gasteiger partial charge on any atom is 0.317 e.